The Morgan fingerprint density at radius 3 is 2.88 bits per heavy atom. The van der Waals surface area contributed by atoms with Crippen LogP contribution in [0.4, 0.5) is 0 Å². The van der Waals surface area contributed by atoms with Crippen LogP contribution in [-0.2, 0) is 0 Å². The van der Waals surface area contributed by atoms with Crippen LogP contribution in [0.5, 0.6) is 0 Å². The molecule has 128 valence electrons. The van der Waals surface area contributed by atoms with E-state index in [0.29, 0.717) is 24.7 Å². The van der Waals surface area contributed by atoms with Gasteiger partial charge in [0.1, 0.15) is 0 Å². The Hall–Kier alpha value is -1.98. The zero-order valence-corrected chi connectivity index (χ0v) is 14.4. The van der Waals surface area contributed by atoms with E-state index in [9.17, 15) is 9.90 Å². The Morgan fingerprint density at radius 2 is 2.12 bits per heavy atom. The summed E-state index contributed by atoms with van der Waals surface area (Å²) in [6.07, 6.45) is 3.71. The van der Waals surface area contributed by atoms with Gasteiger partial charge >= 0.3 is 0 Å². The molecule has 0 spiro atoms. The van der Waals surface area contributed by atoms with Crippen LogP contribution in [0.1, 0.15) is 23.2 Å². The molecular weight excluding hydrogens is 302 g/mol. The Labute approximate surface area is 142 Å². The van der Waals surface area contributed by atoms with Crippen molar-refractivity contribution in [2.24, 2.45) is 5.92 Å². The number of hydrogen-bond donors (Lipinski definition) is 1. The number of aliphatic hydroxyl groups excluding tert-OH is 1. The summed E-state index contributed by atoms with van der Waals surface area (Å²) in [5.41, 5.74) is 1.58. The predicted molar refractivity (Wildman–Crippen MR) is 94.9 cm³/mol. The molecule has 1 N–H and O–H groups in total. The maximum absolute atomic E-state index is 13.0. The molecule has 0 bridgehead atoms. The molecule has 0 unspecified atom stereocenters. The summed E-state index contributed by atoms with van der Waals surface area (Å²) in [5.74, 6) is 0.189. The molecule has 0 radical (unpaired) electrons. The Morgan fingerprint density at radius 1 is 1.29 bits per heavy atom. The van der Waals surface area contributed by atoms with Crippen LogP contribution in [-0.4, -0.2) is 65.6 Å². The zero-order valence-electron chi connectivity index (χ0n) is 14.4. The van der Waals surface area contributed by atoms with Gasteiger partial charge in [0, 0.05) is 42.9 Å². The van der Waals surface area contributed by atoms with E-state index in [1.165, 1.54) is 0 Å². The Bertz CT molecular complexity index is 717. The van der Waals surface area contributed by atoms with Gasteiger partial charge < -0.3 is 14.9 Å². The third-order valence-electron chi connectivity index (χ3n) is 4.94. The smallest absolute Gasteiger partial charge is 0.253 e. The number of carbonyl (C=O) groups is 1. The number of nitrogens with zero attached hydrogens (tertiary/aromatic N) is 3. The highest BCUT2D eigenvalue weighted by Gasteiger charge is 2.28. The summed E-state index contributed by atoms with van der Waals surface area (Å²) in [6, 6.07) is 9.84. The zero-order chi connectivity index (χ0) is 17.1. The molecule has 5 heteroatoms. The summed E-state index contributed by atoms with van der Waals surface area (Å²) in [7, 11) is 4.10. The first-order chi connectivity index (χ1) is 11.6. The Balaban J connectivity index is 1.86. The largest absolute Gasteiger partial charge is 0.396 e. The third-order valence-corrected chi connectivity index (χ3v) is 4.94. The Kier molecular flexibility index (Phi) is 5.11. The summed E-state index contributed by atoms with van der Waals surface area (Å²) in [4.78, 5) is 21.4. The van der Waals surface area contributed by atoms with E-state index in [-0.39, 0.29) is 18.4 Å². The van der Waals surface area contributed by atoms with Gasteiger partial charge in [0.2, 0.25) is 0 Å². The molecule has 0 saturated carbocycles. The molecule has 1 fully saturated rings. The van der Waals surface area contributed by atoms with Crippen molar-refractivity contribution in [3.05, 3.63) is 42.1 Å². The highest BCUT2D eigenvalue weighted by molar-refractivity contribution is 5.98. The average Bonchev–Trinajstić information content (AvgIpc) is 2.83. The molecule has 1 aliphatic heterocycles. The monoisotopic (exact) mass is 327 g/mol. The molecule has 2 atom stereocenters. The number of carbonyl (C=O) groups excluding carboxylic acids is 1. The summed E-state index contributed by atoms with van der Waals surface area (Å²) in [6.45, 7) is 1.45. The highest BCUT2D eigenvalue weighted by atomic mass is 16.3. The van der Waals surface area contributed by atoms with Crippen molar-refractivity contribution in [1.29, 1.82) is 0 Å². The van der Waals surface area contributed by atoms with Crippen LogP contribution in [0, 0.1) is 5.92 Å². The number of pyridine rings is 1. The van der Waals surface area contributed by atoms with Gasteiger partial charge in [-0.2, -0.15) is 0 Å². The number of hydrogen-bond acceptors (Lipinski definition) is 4. The SMILES string of the molecule is CN(C)[C@@H]1CC[C@H](CO)CN(C(=O)c2ccc3ncccc3c2)C1. The quantitative estimate of drug-likeness (QED) is 0.937. The molecule has 1 amide bonds. The number of rotatable bonds is 3. The average molecular weight is 327 g/mol. The van der Waals surface area contributed by atoms with Crippen LogP contribution < -0.4 is 0 Å². The molecule has 1 aromatic heterocycles. The van der Waals surface area contributed by atoms with Gasteiger partial charge in [0.15, 0.2) is 0 Å². The van der Waals surface area contributed by atoms with Gasteiger partial charge in [-0.25, -0.2) is 0 Å². The molecule has 1 aromatic carbocycles. The minimum atomic E-state index is 0.0351. The maximum atomic E-state index is 13.0. The lowest BCUT2D eigenvalue weighted by molar-refractivity contribution is 0.0689. The summed E-state index contributed by atoms with van der Waals surface area (Å²) < 4.78 is 0. The van der Waals surface area contributed by atoms with Crippen molar-refractivity contribution in [3.63, 3.8) is 0 Å². The maximum Gasteiger partial charge on any atom is 0.253 e. The van der Waals surface area contributed by atoms with Crippen LogP contribution >= 0.6 is 0 Å². The van der Waals surface area contributed by atoms with E-state index in [2.05, 4.69) is 9.88 Å². The van der Waals surface area contributed by atoms with E-state index in [1.54, 1.807) is 6.20 Å². The second kappa shape index (κ2) is 7.28. The standard InChI is InChI=1S/C19H25N3O2/c1-21(2)17-7-5-14(13-23)11-22(12-17)19(24)16-6-8-18-15(10-16)4-3-9-20-18/h3-4,6,8-10,14,17,23H,5,7,11-13H2,1-2H3/t14-,17+/m0/s1. The fraction of sp³-hybridized carbons (Fsp3) is 0.474. The lowest BCUT2D eigenvalue weighted by atomic mass is 10.0. The van der Waals surface area contributed by atoms with Crippen molar-refractivity contribution < 1.29 is 9.90 Å². The van der Waals surface area contributed by atoms with E-state index in [0.717, 1.165) is 23.7 Å². The van der Waals surface area contributed by atoms with Gasteiger partial charge in [-0.05, 0) is 57.1 Å². The molecule has 0 aliphatic carbocycles. The summed E-state index contributed by atoms with van der Waals surface area (Å²) >= 11 is 0. The minimum absolute atomic E-state index is 0.0351. The van der Waals surface area contributed by atoms with E-state index in [4.69, 9.17) is 0 Å². The third kappa shape index (κ3) is 3.57. The number of fused-ring (bicyclic) bond motifs is 1. The molecule has 5 nitrogen and oxygen atoms in total. The normalized spacial score (nSPS) is 21.9. The van der Waals surface area contributed by atoms with Crippen LogP contribution in [0.3, 0.4) is 0 Å². The van der Waals surface area contributed by atoms with E-state index in [1.807, 2.05) is 49.3 Å². The minimum Gasteiger partial charge on any atom is -0.396 e. The lowest BCUT2D eigenvalue weighted by Gasteiger charge is -2.29. The van der Waals surface area contributed by atoms with Crippen LogP contribution in [0.2, 0.25) is 0 Å². The topological polar surface area (TPSA) is 56.7 Å². The molecule has 1 aliphatic rings. The molecule has 24 heavy (non-hydrogen) atoms. The number of amides is 1. The first-order valence-corrected chi connectivity index (χ1v) is 8.50. The van der Waals surface area contributed by atoms with Crippen LogP contribution in [0.25, 0.3) is 10.9 Å². The van der Waals surface area contributed by atoms with Crippen LogP contribution in [0.15, 0.2) is 36.5 Å². The van der Waals surface area contributed by atoms with Crippen molar-refractivity contribution in [1.82, 2.24) is 14.8 Å². The van der Waals surface area contributed by atoms with Crippen molar-refractivity contribution in [2.75, 3.05) is 33.8 Å². The second-order valence-corrected chi connectivity index (χ2v) is 6.86. The molecule has 3 rings (SSSR count). The first-order valence-electron chi connectivity index (χ1n) is 8.50. The molecular formula is C19H25N3O2. The van der Waals surface area contributed by atoms with Gasteiger partial charge in [0.25, 0.3) is 5.91 Å². The van der Waals surface area contributed by atoms with Gasteiger partial charge in [-0.1, -0.05) is 6.07 Å². The highest BCUT2D eigenvalue weighted by Crippen LogP contribution is 2.22. The molecule has 2 heterocycles. The predicted octanol–water partition coefficient (Wildman–Crippen LogP) is 2.01. The first kappa shape index (κ1) is 16.9. The fourth-order valence-electron chi connectivity index (χ4n) is 3.38. The second-order valence-electron chi connectivity index (χ2n) is 6.86. The number of benzene rings is 1. The number of aromatic nitrogens is 1. The van der Waals surface area contributed by atoms with Crippen molar-refractivity contribution >= 4 is 16.8 Å². The number of aliphatic hydroxyl groups is 1. The van der Waals surface area contributed by atoms with Gasteiger partial charge in [-0.3, -0.25) is 9.78 Å². The van der Waals surface area contributed by atoms with E-state index >= 15 is 0 Å². The van der Waals surface area contributed by atoms with Crippen molar-refractivity contribution in [3.8, 4) is 0 Å². The lowest BCUT2D eigenvalue weighted by Crippen LogP contribution is -2.42. The van der Waals surface area contributed by atoms with Gasteiger partial charge in [-0.15, -0.1) is 0 Å². The molecule has 2 aromatic rings. The molecule has 1 saturated heterocycles. The number of likely N-dealkylation sites (N-methyl/N-ethyl adjacent to an activating group) is 1. The summed E-state index contributed by atoms with van der Waals surface area (Å²) in [5, 5.41) is 10.6. The van der Waals surface area contributed by atoms with Gasteiger partial charge in [0.05, 0.1) is 5.52 Å². The van der Waals surface area contributed by atoms with Crippen molar-refractivity contribution in [2.45, 2.75) is 18.9 Å². The van der Waals surface area contributed by atoms with E-state index < -0.39 is 0 Å². The fourth-order valence-corrected chi connectivity index (χ4v) is 3.38. The number of likely N-dealkylation sites (tertiary alicyclic amines) is 1.